The smallest absolute Gasteiger partial charge is 0.335 e. The number of carbonyl (C=O) groups excluding carboxylic acids is 4. The number of nitrogens with one attached hydrogen (secondary N) is 2. The number of hydrogen-bond acceptors (Lipinski definition) is 6. The van der Waals surface area contributed by atoms with Crippen LogP contribution in [0.15, 0.2) is 72.3 Å². The number of anilines is 2. The summed E-state index contributed by atoms with van der Waals surface area (Å²) < 4.78 is 5.62. The number of benzene rings is 3. The van der Waals surface area contributed by atoms with Crippen molar-refractivity contribution in [2.45, 2.75) is 0 Å². The Morgan fingerprint density at radius 2 is 1.72 bits per heavy atom. The number of imide groups is 2. The molecule has 3 aromatic rings. The maximum absolute atomic E-state index is 13.1. The highest BCUT2D eigenvalue weighted by Crippen LogP contribution is 2.27. The highest BCUT2D eigenvalue weighted by atomic mass is 35.5. The molecule has 9 nitrogen and oxygen atoms in total. The van der Waals surface area contributed by atoms with Crippen molar-refractivity contribution in [3.8, 4) is 11.5 Å². The van der Waals surface area contributed by atoms with Crippen molar-refractivity contribution < 1.29 is 29.0 Å². The second kappa shape index (κ2) is 10.5. The van der Waals surface area contributed by atoms with Crippen LogP contribution in [0.3, 0.4) is 0 Å². The van der Waals surface area contributed by atoms with Gasteiger partial charge in [-0.05, 0) is 54.6 Å². The van der Waals surface area contributed by atoms with Crippen LogP contribution in [0.1, 0.15) is 5.56 Å². The molecule has 1 heterocycles. The van der Waals surface area contributed by atoms with Crippen molar-refractivity contribution in [1.29, 1.82) is 0 Å². The molecular formula is C25H17Cl2N3O6. The molecule has 0 radical (unpaired) electrons. The SMILES string of the molecule is O=C(COc1ccccc1/C=C1/C(=O)NC(=O)N(c2ccc(O)cc2)C1=O)Nc1ccc(Cl)c(Cl)c1. The lowest BCUT2D eigenvalue weighted by molar-refractivity contribution is -0.122. The van der Waals surface area contributed by atoms with Gasteiger partial charge in [-0.25, -0.2) is 9.69 Å². The summed E-state index contributed by atoms with van der Waals surface area (Å²) in [5.41, 5.74) is 0.603. The van der Waals surface area contributed by atoms with E-state index in [0.717, 1.165) is 4.90 Å². The van der Waals surface area contributed by atoms with Crippen molar-refractivity contribution in [3.05, 3.63) is 87.9 Å². The molecule has 0 spiro atoms. The number of barbiturate groups is 1. The van der Waals surface area contributed by atoms with Crippen molar-refractivity contribution in [1.82, 2.24) is 5.32 Å². The Hall–Kier alpha value is -4.34. The molecule has 0 atom stereocenters. The lowest BCUT2D eigenvalue weighted by Gasteiger charge is -2.26. The molecule has 36 heavy (non-hydrogen) atoms. The zero-order valence-electron chi connectivity index (χ0n) is 18.3. The Morgan fingerprint density at radius 3 is 2.44 bits per heavy atom. The summed E-state index contributed by atoms with van der Waals surface area (Å²) in [5, 5.41) is 14.9. The van der Waals surface area contributed by atoms with E-state index < -0.39 is 23.8 Å². The van der Waals surface area contributed by atoms with Crippen LogP contribution in [0.5, 0.6) is 11.5 Å². The lowest BCUT2D eigenvalue weighted by Crippen LogP contribution is -2.54. The molecular weight excluding hydrogens is 509 g/mol. The van der Waals surface area contributed by atoms with Gasteiger partial charge in [-0.1, -0.05) is 41.4 Å². The van der Waals surface area contributed by atoms with Gasteiger partial charge in [-0.2, -0.15) is 0 Å². The van der Waals surface area contributed by atoms with Gasteiger partial charge in [-0.3, -0.25) is 19.7 Å². The number of aromatic hydroxyl groups is 1. The second-order valence-electron chi connectivity index (χ2n) is 7.48. The summed E-state index contributed by atoms with van der Waals surface area (Å²) in [6, 6.07) is 15.5. The Kier molecular flexibility index (Phi) is 7.23. The molecule has 1 aliphatic heterocycles. The number of rotatable bonds is 6. The van der Waals surface area contributed by atoms with Gasteiger partial charge in [-0.15, -0.1) is 0 Å². The van der Waals surface area contributed by atoms with Crippen molar-refractivity contribution in [3.63, 3.8) is 0 Å². The predicted molar refractivity (Wildman–Crippen MR) is 134 cm³/mol. The molecule has 1 fully saturated rings. The van der Waals surface area contributed by atoms with Crippen molar-refractivity contribution in [2.75, 3.05) is 16.8 Å². The topological polar surface area (TPSA) is 125 Å². The van der Waals surface area contributed by atoms with Crippen LogP contribution >= 0.6 is 23.2 Å². The summed E-state index contributed by atoms with van der Waals surface area (Å²) in [5.74, 6) is -2.05. The Morgan fingerprint density at radius 1 is 1.00 bits per heavy atom. The Bertz CT molecular complexity index is 1410. The fourth-order valence-corrected chi connectivity index (χ4v) is 3.59. The molecule has 1 aliphatic rings. The molecule has 3 N–H and O–H groups in total. The fourth-order valence-electron chi connectivity index (χ4n) is 3.29. The normalized spacial score (nSPS) is 14.6. The first kappa shape index (κ1) is 24.8. The molecule has 11 heteroatoms. The first-order chi connectivity index (χ1) is 17.2. The number of ether oxygens (including phenoxy) is 1. The molecule has 3 aromatic carbocycles. The summed E-state index contributed by atoms with van der Waals surface area (Å²) in [4.78, 5) is 51.0. The van der Waals surface area contributed by atoms with Gasteiger partial charge >= 0.3 is 6.03 Å². The van der Waals surface area contributed by atoms with E-state index in [0.29, 0.717) is 16.3 Å². The first-order valence-corrected chi connectivity index (χ1v) is 11.2. The van der Waals surface area contributed by atoms with Crippen molar-refractivity contribution in [2.24, 2.45) is 0 Å². The number of nitrogens with zero attached hydrogens (tertiary/aromatic N) is 1. The predicted octanol–water partition coefficient (Wildman–Crippen LogP) is 4.38. The largest absolute Gasteiger partial charge is 0.508 e. The third-order valence-corrected chi connectivity index (χ3v) is 5.73. The van der Waals surface area contributed by atoms with E-state index in [9.17, 15) is 24.3 Å². The highest BCUT2D eigenvalue weighted by molar-refractivity contribution is 6.42. The van der Waals surface area contributed by atoms with Crippen LogP contribution in [0.2, 0.25) is 10.0 Å². The number of para-hydroxylation sites is 1. The van der Waals surface area contributed by atoms with E-state index in [1.807, 2.05) is 0 Å². The highest BCUT2D eigenvalue weighted by Gasteiger charge is 2.37. The van der Waals surface area contributed by atoms with Crippen LogP contribution in [0, 0.1) is 0 Å². The van der Waals surface area contributed by atoms with Crippen molar-refractivity contribution >= 4 is 64.4 Å². The number of halogens is 2. The van der Waals surface area contributed by atoms with Crippen LogP contribution in [0.25, 0.3) is 6.08 Å². The Labute approximate surface area is 214 Å². The minimum atomic E-state index is -0.920. The molecule has 1 saturated heterocycles. The monoisotopic (exact) mass is 525 g/mol. The summed E-state index contributed by atoms with van der Waals surface area (Å²) in [6.45, 7) is -0.376. The van der Waals surface area contributed by atoms with E-state index in [1.165, 1.54) is 36.4 Å². The summed E-state index contributed by atoms with van der Waals surface area (Å²) >= 11 is 11.8. The van der Waals surface area contributed by atoms with Gasteiger partial charge in [0.25, 0.3) is 17.7 Å². The van der Waals surface area contributed by atoms with Crippen LogP contribution in [0.4, 0.5) is 16.2 Å². The molecule has 0 saturated carbocycles. The Balaban J connectivity index is 1.53. The minimum Gasteiger partial charge on any atom is -0.508 e. The van der Waals surface area contributed by atoms with Gasteiger partial charge in [0.1, 0.15) is 17.1 Å². The van der Waals surface area contributed by atoms with Gasteiger partial charge in [0.2, 0.25) is 0 Å². The van der Waals surface area contributed by atoms with Crippen LogP contribution in [-0.4, -0.2) is 35.5 Å². The molecule has 0 unspecified atom stereocenters. The molecule has 5 amide bonds. The minimum absolute atomic E-state index is 0.0512. The van der Waals surface area contributed by atoms with E-state index in [2.05, 4.69) is 10.6 Å². The van der Waals surface area contributed by atoms with E-state index >= 15 is 0 Å². The maximum atomic E-state index is 13.1. The zero-order chi connectivity index (χ0) is 25.8. The maximum Gasteiger partial charge on any atom is 0.335 e. The molecule has 182 valence electrons. The average Bonchev–Trinajstić information content (AvgIpc) is 2.84. The molecule has 0 bridgehead atoms. The van der Waals surface area contributed by atoms with Gasteiger partial charge in [0.05, 0.1) is 15.7 Å². The number of phenols is 1. The summed E-state index contributed by atoms with van der Waals surface area (Å²) in [6.07, 6.45) is 1.27. The van der Waals surface area contributed by atoms with Gasteiger partial charge in [0.15, 0.2) is 6.61 Å². The average molecular weight is 526 g/mol. The fraction of sp³-hybridized carbons (Fsp3) is 0.0400. The second-order valence-corrected chi connectivity index (χ2v) is 8.29. The van der Waals surface area contributed by atoms with E-state index in [4.69, 9.17) is 27.9 Å². The number of phenolic OH excluding ortho intramolecular Hbond substituents is 1. The standard InChI is InChI=1S/C25H17Cl2N3O6/c26-19-10-5-15(12-20(19)27)28-22(32)13-36-21-4-2-1-3-14(21)11-18-23(33)29-25(35)30(24(18)34)16-6-8-17(31)9-7-16/h1-12,31H,13H2,(H,28,32)(H,29,33,35)/b18-11-. The third kappa shape index (κ3) is 5.48. The molecule has 0 aromatic heterocycles. The quantitative estimate of drug-likeness (QED) is 0.324. The molecule has 0 aliphatic carbocycles. The van der Waals surface area contributed by atoms with E-state index in [1.54, 1.807) is 36.4 Å². The molecule has 4 rings (SSSR count). The van der Waals surface area contributed by atoms with Gasteiger partial charge < -0.3 is 15.2 Å². The lowest BCUT2D eigenvalue weighted by atomic mass is 10.1. The number of amides is 5. The summed E-state index contributed by atoms with van der Waals surface area (Å²) in [7, 11) is 0. The zero-order valence-corrected chi connectivity index (χ0v) is 19.8. The van der Waals surface area contributed by atoms with Gasteiger partial charge in [0, 0.05) is 11.3 Å². The third-order valence-electron chi connectivity index (χ3n) is 4.99. The number of carbonyl (C=O) groups is 4. The van der Waals surface area contributed by atoms with E-state index in [-0.39, 0.29) is 34.4 Å². The number of hydrogen-bond donors (Lipinski definition) is 3. The first-order valence-electron chi connectivity index (χ1n) is 10.4. The number of urea groups is 1. The van der Waals surface area contributed by atoms with Crippen LogP contribution in [-0.2, 0) is 14.4 Å². The van der Waals surface area contributed by atoms with Crippen LogP contribution < -0.4 is 20.3 Å².